The molecule has 2 rings (SSSR count). The van der Waals surface area contributed by atoms with E-state index in [1.807, 2.05) is 0 Å². The molecule has 1 saturated heterocycles. The van der Waals surface area contributed by atoms with Crippen LogP contribution in [0.25, 0.3) is 0 Å². The molecule has 0 bridgehead atoms. The van der Waals surface area contributed by atoms with Gasteiger partial charge < -0.3 is 10.1 Å². The molecule has 0 aliphatic carbocycles. The quantitative estimate of drug-likeness (QED) is 0.848. The summed E-state index contributed by atoms with van der Waals surface area (Å²) in [6, 6.07) is 4.64. The fraction of sp³-hybridized carbons (Fsp3) is 0.500. The highest BCUT2D eigenvalue weighted by molar-refractivity contribution is 5.19. The number of rotatable bonds is 4. The van der Waals surface area contributed by atoms with Crippen LogP contribution in [0.4, 0.5) is 8.78 Å². The first-order valence-electron chi connectivity index (χ1n) is 5.51. The Morgan fingerprint density at radius 1 is 1.38 bits per heavy atom. The van der Waals surface area contributed by atoms with Gasteiger partial charge in [-0.1, -0.05) is 12.1 Å². The lowest BCUT2D eigenvalue weighted by atomic mass is 10.1. The highest BCUT2D eigenvalue weighted by atomic mass is 19.2. The third kappa shape index (κ3) is 2.77. The van der Waals surface area contributed by atoms with Crippen LogP contribution in [0.5, 0.6) is 0 Å². The topological polar surface area (TPSA) is 21.3 Å². The van der Waals surface area contributed by atoms with Crippen LogP contribution in [0.15, 0.2) is 18.2 Å². The minimum atomic E-state index is -0.776. The molecule has 1 aromatic rings. The Morgan fingerprint density at radius 3 is 3.00 bits per heavy atom. The third-order valence-electron chi connectivity index (χ3n) is 2.79. The number of ether oxygens (including phenoxy) is 1. The molecule has 2 nitrogen and oxygen atoms in total. The number of halogens is 2. The number of hydrogen-bond donors (Lipinski definition) is 1. The van der Waals surface area contributed by atoms with Crippen molar-refractivity contribution in [2.45, 2.75) is 18.9 Å². The maximum atomic E-state index is 13.3. The second-order valence-electron chi connectivity index (χ2n) is 3.98. The van der Waals surface area contributed by atoms with E-state index in [0.29, 0.717) is 31.2 Å². The molecule has 0 aromatic heterocycles. The van der Waals surface area contributed by atoms with Crippen LogP contribution in [0.1, 0.15) is 12.0 Å². The Kier molecular flexibility index (Phi) is 3.85. The fourth-order valence-corrected chi connectivity index (χ4v) is 1.85. The van der Waals surface area contributed by atoms with Crippen molar-refractivity contribution in [2.24, 2.45) is 0 Å². The maximum Gasteiger partial charge on any atom is 0.162 e. The largest absolute Gasteiger partial charge is 0.380 e. The van der Waals surface area contributed by atoms with Crippen molar-refractivity contribution >= 4 is 0 Å². The summed E-state index contributed by atoms with van der Waals surface area (Å²) in [6.45, 7) is 2.14. The molecule has 1 N–H and O–H groups in total. The van der Waals surface area contributed by atoms with Gasteiger partial charge in [0.25, 0.3) is 0 Å². The zero-order valence-corrected chi connectivity index (χ0v) is 9.01. The molecule has 1 heterocycles. The summed E-state index contributed by atoms with van der Waals surface area (Å²) in [6.07, 6.45) is 1.49. The van der Waals surface area contributed by atoms with E-state index < -0.39 is 11.6 Å². The molecule has 1 fully saturated rings. The van der Waals surface area contributed by atoms with Crippen LogP contribution >= 0.6 is 0 Å². The van der Waals surface area contributed by atoms with Gasteiger partial charge in [-0.15, -0.1) is 0 Å². The van der Waals surface area contributed by atoms with Crippen molar-refractivity contribution in [3.63, 3.8) is 0 Å². The first kappa shape index (κ1) is 11.5. The Labute approximate surface area is 93.6 Å². The van der Waals surface area contributed by atoms with Crippen LogP contribution in [-0.2, 0) is 11.2 Å². The molecule has 0 spiro atoms. The zero-order chi connectivity index (χ0) is 11.4. The van der Waals surface area contributed by atoms with Crippen molar-refractivity contribution in [3.8, 4) is 0 Å². The second kappa shape index (κ2) is 5.37. The third-order valence-corrected chi connectivity index (χ3v) is 2.79. The van der Waals surface area contributed by atoms with Gasteiger partial charge in [-0.2, -0.15) is 0 Å². The number of nitrogens with one attached hydrogen (secondary N) is 1. The highest BCUT2D eigenvalue weighted by Gasteiger charge is 2.14. The van der Waals surface area contributed by atoms with Crippen molar-refractivity contribution in [3.05, 3.63) is 35.4 Å². The monoisotopic (exact) mass is 227 g/mol. The molecular weight excluding hydrogens is 212 g/mol. The molecule has 1 unspecified atom stereocenters. The highest BCUT2D eigenvalue weighted by Crippen LogP contribution is 2.11. The Bertz CT molecular complexity index is 351. The predicted octanol–water partition coefficient (Wildman–Crippen LogP) is 1.89. The summed E-state index contributed by atoms with van der Waals surface area (Å²) in [7, 11) is 0. The van der Waals surface area contributed by atoms with Gasteiger partial charge in [-0.25, -0.2) is 8.78 Å². The standard InChI is InChI=1S/C12H15F2NO/c13-11-3-1-2-9(12(11)14)4-6-15-10-5-7-16-8-10/h1-3,10,15H,4-8H2. The summed E-state index contributed by atoms with van der Waals surface area (Å²) in [5.41, 5.74) is 0.423. The molecule has 1 aliphatic rings. The first-order valence-corrected chi connectivity index (χ1v) is 5.51. The second-order valence-corrected chi connectivity index (χ2v) is 3.98. The normalized spacial score (nSPS) is 20.2. The summed E-state index contributed by atoms with van der Waals surface area (Å²) in [5, 5.41) is 3.26. The van der Waals surface area contributed by atoms with Gasteiger partial charge in [0.1, 0.15) is 0 Å². The molecule has 0 amide bonds. The van der Waals surface area contributed by atoms with Crippen molar-refractivity contribution in [1.82, 2.24) is 5.32 Å². The molecule has 4 heteroatoms. The summed E-state index contributed by atoms with van der Waals surface area (Å²) in [4.78, 5) is 0. The average molecular weight is 227 g/mol. The molecule has 1 atom stereocenters. The van der Waals surface area contributed by atoms with Crippen LogP contribution in [-0.4, -0.2) is 25.8 Å². The van der Waals surface area contributed by atoms with Gasteiger partial charge >= 0.3 is 0 Å². The number of benzene rings is 1. The SMILES string of the molecule is Fc1cccc(CCNC2CCOC2)c1F. The van der Waals surface area contributed by atoms with Gasteiger partial charge in [-0.05, 0) is 31.0 Å². The summed E-state index contributed by atoms with van der Waals surface area (Å²) >= 11 is 0. The van der Waals surface area contributed by atoms with Gasteiger partial charge in [-0.3, -0.25) is 0 Å². The van der Waals surface area contributed by atoms with E-state index in [0.717, 1.165) is 19.1 Å². The average Bonchev–Trinajstić information content (AvgIpc) is 2.77. The minimum Gasteiger partial charge on any atom is -0.380 e. The van der Waals surface area contributed by atoms with E-state index in [9.17, 15) is 8.78 Å². The number of hydrogen-bond acceptors (Lipinski definition) is 2. The molecule has 1 aliphatic heterocycles. The van der Waals surface area contributed by atoms with Crippen LogP contribution in [0.2, 0.25) is 0 Å². The van der Waals surface area contributed by atoms with E-state index in [1.165, 1.54) is 6.07 Å². The molecule has 1 aromatic carbocycles. The first-order chi connectivity index (χ1) is 7.77. The lowest BCUT2D eigenvalue weighted by Crippen LogP contribution is -2.31. The maximum absolute atomic E-state index is 13.3. The molecule has 16 heavy (non-hydrogen) atoms. The van der Waals surface area contributed by atoms with E-state index >= 15 is 0 Å². The van der Waals surface area contributed by atoms with Crippen molar-refractivity contribution < 1.29 is 13.5 Å². The van der Waals surface area contributed by atoms with Crippen LogP contribution in [0, 0.1) is 11.6 Å². The Hall–Kier alpha value is -1.00. The zero-order valence-electron chi connectivity index (χ0n) is 9.01. The minimum absolute atomic E-state index is 0.358. The smallest absolute Gasteiger partial charge is 0.162 e. The van der Waals surface area contributed by atoms with Crippen molar-refractivity contribution in [2.75, 3.05) is 19.8 Å². The van der Waals surface area contributed by atoms with E-state index in [-0.39, 0.29) is 0 Å². The Morgan fingerprint density at radius 2 is 2.25 bits per heavy atom. The lowest BCUT2D eigenvalue weighted by Gasteiger charge is -2.10. The van der Waals surface area contributed by atoms with E-state index in [1.54, 1.807) is 6.07 Å². The lowest BCUT2D eigenvalue weighted by molar-refractivity contribution is 0.190. The molecule has 0 saturated carbocycles. The predicted molar refractivity (Wildman–Crippen MR) is 57.3 cm³/mol. The van der Waals surface area contributed by atoms with Gasteiger partial charge in [0, 0.05) is 12.6 Å². The van der Waals surface area contributed by atoms with Crippen LogP contribution < -0.4 is 5.32 Å². The van der Waals surface area contributed by atoms with Gasteiger partial charge in [0.15, 0.2) is 11.6 Å². The van der Waals surface area contributed by atoms with Crippen molar-refractivity contribution in [1.29, 1.82) is 0 Å². The summed E-state index contributed by atoms with van der Waals surface area (Å²) in [5.74, 6) is -1.51. The van der Waals surface area contributed by atoms with E-state index in [4.69, 9.17) is 4.74 Å². The molecular formula is C12H15F2NO. The van der Waals surface area contributed by atoms with E-state index in [2.05, 4.69) is 5.32 Å². The summed E-state index contributed by atoms with van der Waals surface area (Å²) < 4.78 is 31.4. The Balaban J connectivity index is 1.82. The van der Waals surface area contributed by atoms with Crippen LogP contribution in [0.3, 0.4) is 0 Å². The van der Waals surface area contributed by atoms with Gasteiger partial charge in [0.2, 0.25) is 0 Å². The van der Waals surface area contributed by atoms with Gasteiger partial charge in [0.05, 0.1) is 6.61 Å². The molecule has 0 radical (unpaired) electrons. The molecule has 88 valence electrons. The fourth-order valence-electron chi connectivity index (χ4n) is 1.85.